The Morgan fingerprint density at radius 3 is 1.04 bits per heavy atom. The lowest BCUT2D eigenvalue weighted by atomic mass is 9.35. The van der Waals surface area contributed by atoms with Crippen LogP contribution in [0.15, 0.2) is 364 Å². The van der Waals surface area contributed by atoms with E-state index in [1.807, 2.05) is 0 Å². The van der Waals surface area contributed by atoms with Gasteiger partial charge in [-0.1, -0.05) is 322 Å². The van der Waals surface area contributed by atoms with Gasteiger partial charge in [0, 0.05) is 28.4 Å². The Hall–Kier alpha value is -10.7. The van der Waals surface area contributed by atoms with E-state index < -0.39 is 33.8 Å². The average Bonchev–Trinajstić information content (AvgIpc) is 0.837. The van der Waals surface area contributed by atoms with E-state index in [0.717, 1.165) is 109 Å². The molecule has 0 unspecified atom stereocenters. The summed E-state index contributed by atoms with van der Waals surface area (Å²) < 4.78 is 41.4. The quantitative estimate of drug-likeness (QED) is 0.0901. The fourth-order valence-corrected chi connectivity index (χ4v) is 37.1. The van der Waals surface area contributed by atoms with Crippen molar-refractivity contribution < 1.29 is 21.8 Å². The van der Waals surface area contributed by atoms with Crippen molar-refractivity contribution in [3.05, 3.63) is 364 Å². The van der Waals surface area contributed by atoms with Crippen LogP contribution in [0.3, 0.4) is 0 Å². The first kappa shape index (κ1) is 57.0. The molecule has 1 fully saturated rings. The third-order valence-corrected chi connectivity index (χ3v) is 37.8. The van der Waals surface area contributed by atoms with Gasteiger partial charge in [0.15, 0.2) is 8.07 Å². The van der Waals surface area contributed by atoms with Gasteiger partial charge in [-0.25, -0.2) is 0 Å². The summed E-state index contributed by atoms with van der Waals surface area (Å²) in [7, 11) is -14.6. The van der Waals surface area contributed by atoms with Gasteiger partial charge in [0.25, 0.3) is 6.71 Å². The van der Waals surface area contributed by atoms with Crippen molar-refractivity contribution in [2.45, 2.75) is 0 Å². The molecule has 14 aromatic carbocycles. The molecule has 4 heterocycles. The first-order valence-corrected chi connectivity index (χ1v) is 39.9. The number of ether oxygens (including phenoxy) is 2. The average molecular weight is 1290 g/mol. The highest BCUT2D eigenvalue weighted by molar-refractivity contribution is 7.20. The Bertz CT molecular complexity index is 5030. The molecule has 1 saturated heterocycles. The molecule has 3 aliphatic heterocycles. The maximum atomic E-state index is 8.39. The zero-order chi connectivity index (χ0) is 63.0. The van der Waals surface area contributed by atoms with Crippen LogP contribution >= 0.6 is 0 Å². The molecule has 0 N–H and O–H groups in total. The van der Waals surface area contributed by atoms with Gasteiger partial charge >= 0.3 is 25.7 Å². The summed E-state index contributed by atoms with van der Waals surface area (Å²) in [5.74, 6) is 3.27. The van der Waals surface area contributed by atoms with Crippen molar-refractivity contribution in [3.8, 4) is 39.8 Å². The van der Waals surface area contributed by atoms with Gasteiger partial charge in [0.1, 0.15) is 23.0 Å². The largest absolute Gasteiger partial charge is 0.458 e. The monoisotopic (exact) mass is 1290 g/mol. The van der Waals surface area contributed by atoms with Crippen molar-refractivity contribution in [2.75, 3.05) is 0 Å². The summed E-state index contributed by atoms with van der Waals surface area (Å²) >= 11 is 0. The van der Waals surface area contributed by atoms with Crippen molar-refractivity contribution >= 4 is 131 Å². The second-order valence-corrected chi connectivity index (χ2v) is 38.2. The molecule has 0 amide bonds. The number of rotatable bonds is 12. The fourth-order valence-electron chi connectivity index (χ4n) is 15.4. The lowest BCUT2D eigenvalue weighted by molar-refractivity contribution is 0.268. The molecule has 450 valence electrons. The van der Waals surface area contributed by atoms with Crippen LogP contribution in [0.1, 0.15) is 0 Å². The Balaban J connectivity index is 0.888. The first-order valence-electron chi connectivity index (χ1n) is 32.5. The molecule has 0 spiro atoms. The first-order chi connectivity index (χ1) is 47.0. The van der Waals surface area contributed by atoms with Crippen molar-refractivity contribution in [1.29, 1.82) is 0 Å². The van der Waals surface area contributed by atoms with E-state index in [1.54, 1.807) is 0 Å². The predicted octanol–water partition coefficient (Wildman–Crippen LogP) is 10.7. The topological polar surface area (TPSA) is 51.1 Å². The van der Waals surface area contributed by atoms with Gasteiger partial charge in [-0.3, -0.25) is 0 Å². The number of nitrogens with zero attached hydrogens (tertiary/aromatic N) is 1. The minimum Gasteiger partial charge on any atom is -0.458 e. The molecule has 15 aromatic rings. The van der Waals surface area contributed by atoms with E-state index in [2.05, 4.69) is 369 Å². The number of aromatic nitrogens is 1. The second-order valence-electron chi connectivity index (χ2n) is 24.8. The molecule has 3 aliphatic rings. The number of para-hydroxylation sites is 2. The lowest BCUT2D eigenvalue weighted by Gasteiger charge is -2.53. The highest BCUT2D eigenvalue weighted by Crippen LogP contribution is 2.41. The predicted molar refractivity (Wildman–Crippen MR) is 398 cm³/mol. The summed E-state index contributed by atoms with van der Waals surface area (Å²) in [6.45, 7) is -0.0538. The summed E-state index contributed by atoms with van der Waals surface area (Å²) in [5.41, 5.74) is 8.43. The van der Waals surface area contributed by atoms with Crippen LogP contribution in [-0.4, -0.2) is 45.0 Å². The summed E-state index contributed by atoms with van der Waals surface area (Å²) in [4.78, 5) is 0. The Labute approximate surface area is 557 Å². The second kappa shape index (κ2) is 23.1. The highest BCUT2D eigenvalue weighted by atomic mass is 28.5. The third kappa shape index (κ3) is 9.15. The fraction of sp³-hybridized carbons (Fsp3) is 0. The van der Waals surface area contributed by atoms with Gasteiger partial charge in [0.2, 0.25) is 0 Å². The van der Waals surface area contributed by atoms with Gasteiger partial charge in [-0.05, 0) is 104 Å². The number of fused-ring (bicyclic) bond motifs is 7. The minimum atomic E-state index is -3.95. The van der Waals surface area contributed by atoms with Crippen molar-refractivity contribution in [2.24, 2.45) is 0 Å². The molecule has 0 bridgehead atoms. The van der Waals surface area contributed by atoms with Crippen molar-refractivity contribution in [1.82, 2.24) is 4.57 Å². The lowest BCUT2D eigenvalue weighted by Crippen LogP contribution is -2.88. The maximum Gasteiger partial charge on any atom is 0.390 e. The molecule has 0 radical (unpaired) electrons. The molecular weight excluding hydrogens is 1230 g/mol. The number of hydrogen-bond donors (Lipinski definition) is 0. The maximum absolute atomic E-state index is 8.39. The van der Waals surface area contributed by atoms with Crippen LogP contribution in [0, 0.1) is 0 Å². The Kier molecular flexibility index (Phi) is 13.9. The Morgan fingerprint density at radius 1 is 0.263 bits per heavy atom. The summed E-state index contributed by atoms with van der Waals surface area (Å²) in [6.07, 6.45) is 0. The number of hydrogen-bond acceptors (Lipinski definition) is 5. The van der Waals surface area contributed by atoms with Gasteiger partial charge in [-0.2, -0.15) is 0 Å². The van der Waals surface area contributed by atoms with E-state index >= 15 is 0 Å². The van der Waals surface area contributed by atoms with Crippen LogP contribution in [0.5, 0.6) is 23.0 Å². The third-order valence-electron chi connectivity index (χ3n) is 19.6. The zero-order valence-corrected chi connectivity index (χ0v) is 55.7. The summed E-state index contributed by atoms with van der Waals surface area (Å²) in [5, 5.41) is 13.5. The minimum absolute atomic E-state index is 0.0538. The van der Waals surface area contributed by atoms with Crippen LogP contribution in [0.4, 0.5) is 0 Å². The Morgan fingerprint density at radius 2 is 0.611 bits per heavy atom. The van der Waals surface area contributed by atoms with E-state index in [4.69, 9.17) is 21.8 Å². The number of benzene rings is 14. The molecule has 11 heteroatoms. The summed E-state index contributed by atoms with van der Waals surface area (Å²) in [6, 6.07) is 132. The van der Waals surface area contributed by atoms with E-state index in [9.17, 15) is 0 Å². The zero-order valence-electron chi connectivity index (χ0n) is 51.7. The van der Waals surface area contributed by atoms with Gasteiger partial charge in [-0.15, -0.1) is 0 Å². The van der Waals surface area contributed by atoms with Gasteiger partial charge in [0.05, 0.1) is 16.7 Å². The van der Waals surface area contributed by atoms with E-state index in [0.29, 0.717) is 0 Å². The van der Waals surface area contributed by atoms with Crippen molar-refractivity contribution in [3.63, 3.8) is 0 Å². The van der Waals surface area contributed by atoms with E-state index in [1.165, 1.54) is 20.7 Å². The van der Waals surface area contributed by atoms with Crippen LogP contribution in [0.25, 0.3) is 38.6 Å². The molecule has 0 atom stereocenters. The molecule has 95 heavy (non-hydrogen) atoms. The SMILES string of the molecule is c1ccc([Si]2(c3ccccc3)O[Si](c3ccccc3)(c3ccccc3)O[Si](c3ccccc3)(c3cccc(-c4ccc5c(c4)c4cc([Si](c6ccccc6)(c6ccccc6)c6ccccc6)ccc4n5-c4cc5c6c(c4)Oc4ccccc4B6c4ccccc4O5)c3)O2)cc1. The molecule has 18 rings (SSSR count). The molecule has 1 aromatic heterocycles. The molecule has 6 nitrogen and oxygen atoms in total. The van der Waals surface area contributed by atoms with Gasteiger partial charge < -0.3 is 26.4 Å². The van der Waals surface area contributed by atoms with E-state index in [-0.39, 0.29) is 6.71 Å². The molecular formula is C84H60BNO5Si4. The smallest absolute Gasteiger partial charge is 0.390 e. The molecule has 0 saturated carbocycles. The van der Waals surface area contributed by atoms with Crippen LogP contribution < -0.4 is 77.7 Å². The highest BCUT2D eigenvalue weighted by Gasteiger charge is 2.67. The van der Waals surface area contributed by atoms with Crippen LogP contribution in [-0.2, 0) is 12.3 Å². The normalized spacial score (nSPS) is 14.8. The van der Waals surface area contributed by atoms with Crippen LogP contribution in [0.2, 0.25) is 0 Å². The standard InChI is InChI=1S/C84H60BNO5Si4/c1-9-31-64(32-10-1)92(65-33-11-2-12-34-65,66-35-13-3-14-36-66)72-53-55-79-75(60-72)74-57-62(52-54-78(74)86(79)63-58-82-84-83(59-63)88-81-51-28-26-49-77(81)85(84)76-48-25-27-50-80(76)87-82)61-30-29-47-73(56-61)95(71-45-23-8-24-46-71)90-93(67-37-15-4-16-38-67,68-39-17-5-18-40-68)89-94(91-95,69-41-19-6-20-42-69)70-43-21-7-22-44-70/h1-60H. The molecule has 0 aliphatic carbocycles.